The maximum atomic E-state index is 6.68. The summed E-state index contributed by atoms with van der Waals surface area (Å²) in [6.45, 7) is 15.9. The van der Waals surface area contributed by atoms with E-state index in [0.717, 1.165) is 17.6 Å². The lowest BCUT2D eigenvalue weighted by Crippen LogP contribution is -2.32. The Hall–Kier alpha value is -2.78. The second kappa shape index (κ2) is 7.11. The monoisotopic (exact) mass is 466 g/mol. The molecule has 0 unspecified atom stereocenters. The van der Waals surface area contributed by atoms with Crippen molar-refractivity contribution in [3.05, 3.63) is 64.3 Å². The average Bonchev–Trinajstić information content (AvgIpc) is 3.14. The van der Waals surface area contributed by atoms with Crippen LogP contribution in [0.5, 0.6) is 0 Å². The first-order valence-corrected chi connectivity index (χ1v) is 13.0. The molecule has 0 atom stereocenters. The minimum atomic E-state index is 0.245. The predicted molar refractivity (Wildman–Crippen MR) is 144 cm³/mol. The Labute approximate surface area is 206 Å². The summed E-state index contributed by atoms with van der Waals surface area (Å²) < 4.78 is 8.97. The molecule has 0 N–H and O–H groups in total. The SMILES string of the molecule is Cc1c(C)c(C)c2c(c1C)Sc1c3oc4cc(CC(C)(C)C)ccc4c3cc3cc[n+](C)c-2c13. The van der Waals surface area contributed by atoms with E-state index in [4.69, 9.17) is 4.42 Å². The molecule has 5 aromatic rings. The van der Waals surface area contributed by atoms with Gasteiger partial charge in [-0.05, 0) is 84.9 Å². The number of hydrogen-bond acceptors (Lipinski definition) is 2. The molecule has 3 heteroatoms. The molecule has 2 nitrogen and oxygen atoms in total. The van der Waals surface area contributed by atoms with Crippen molar-refractivity contribution in [2.75, 3.05) is 0 Å². The Bertz CT molecular complexity index is 1680. The summed E-state index contributed by atoms with van der Waals surface area (Å²) in [7, 11) is 2.17. The number of pyridine rings is 1. The third-order valence-corrected chi connectivity index (χ3v) is 9.00. The molecular formula is C31H32NOS+. The highest BCUT2D eigenvalue weighted by atomic mass is 32.2. The highest BCUT2D eigenvalue weighted by Crippen LogP contribution is 2.53. The molecule has 0 radical (unpaired) electrons. The van der Waals surface area contributed by atoms with E-state index < -0.39 is 0 Å². The van der Waals surface area contributed by atoms with Gasteiger partial charge in [-0.15, -0.1) is 0 Å². The number of rotatable bonds is 1. The molecule has 0 bridgehead atoms. The van der Waals surface area contributed by atoms with Crippen molar-refractivity contribution in [2.45, 2.75) is 64.7 Å². The van der Waals surface area contributed by atoms with E-state index in [2.05, 4.69) is 96.6 Å². The fraction of sp³-hybridized carbons (Fsp3) is 0.323. The van der Waals surface area contributed by atoms with Crippen LogP contribution in [0.3, 0.4) is 0 Å². The zero-order chi connectivity index (χ0) is 24.1. The van der Waals surface area contributed by atoms with Gasteiger partial charge >= 0.3 is 0 Å². The Morgan fingerprint density at radius 2 is 1.59 bits per heavy atom. The molecular weight excluding hydrogens is 434 g/mol. The average molecular weight is 467 g/mol. The lowest BCUT2D eigenvalue weighted by molar-refractivity contribution is -0.659. The van der Waals surface area contributed by atoms with Crippen LogP contribution in [0.15, 0.2) is 50.7 Å². The fourth-order valence-corrected chi connectivity index (χ4v) is 7.10. The summed E-state index contributed by atoms with van der Waals surface area (Å²) in [6, 6.07) is 11.4. The molecule has 0 saturated heterocycles. The molecule has 3 aromatic carbocycles. The van der Waals surface area contributed by atoms with Gasteiger partial charge in [-0.3, -0.25) is 0 Å². The molecule has 0 amide bonds. The van der Waals surface area contributed by atoms with Gasteiger partial charge in [0.2, 0.25) is 5.69 Å². The molecule has 6 rings (SSSR count). The van der Waals surface area contributed by atoms with Crippen molar-refractivity contribution in [3.8, 4) is 11.3 Å². The Balaban J connectivity index is 1.72. The van der Waals surface area contributed by atoms with Gasteiger partial charge in [0.05, 0.1) is 15.8 Å². The first kappa shape index (κ1) is 21.7. The maximum absolute atomic E-state index is 6.68. The Kier molecular flexibility index (Phi) is 4.55. The van der Waals surface area contributed by atoms with Gasteiger partial charge in [0.1, 0.15) is 18.2 Å². The fourth-order valence-electron chi connectivity index (χ4n) is 5.68. The summed E-state index contributed by atoms with van der Waals surface area (Å²) in [5, 5.41) is 5.02. The summed E-state index contributed by atoms with van der Waals surface area (Å²) in [5.41, 5.74) is 11.8. The number of benzene rings is 3. The van der Waals surface area contributed by atoms with E-state index in [1.165, 1.54) is 70.4 Å². The van der Waals surface area contributed by atoms with Crippen LogP contribution in [-0.2, 0) is 13.5 Å². The van der Waals surface area contributed by atoms with Gasteiger partial charge in [-0.25, -0.2) is 4.57 Å². The van der Waals surface area contributed by atoms with E-state index in [-0.39, 0.29) is 5.41 Å². The number of aryl methyl sites for hydroxylation is 1. The van der Waals surface area contributed by atoms with E-state index in [9.17, 15) is 0 Å². The molecule has 2 aromatic heterocycles. The van der Waals surface area contributed by atoms with Crippen LogP contribution in [0.25, 0.3) is 44.0 Å². The molecule has 172 valence electrons. The van der Waals surface area contributed by atoms with Gasteiger partial charge in [0.25, 0.3) is 0 Å². The van der Waals surface area contributed by atoms with Crippen LogP contribution in [0.2, 0.25) is 0 Å². The second-order valence-corrected chi connectivity index (χ2v) is 12.3. The maximum Gasteiger partial charge on any atom is 0.222 e. The van der Waals surface area contributed by atoms with Crippen molar-refractivity contribution in [2.24, 2.45) is 12.5 Å². The van der Waals surface area contributed by atoms with E-state index in [1.54, 1.807) is 0 Å². The molecule has 1 aliphatic rings. The highest BCUT2D eigenvalue weighted by Gasteiger charge is 2.33. The summed E-state index contributed by atoms with van der Waals surface area (Å²) in [5.74, 6) is 0. The smallest absolute Gasteiger partial charge is 0.222 e. The van der Waals surface area contributed by atoms with Gasteiger partial charge in [0, 0.05) is 21.7 Å². The van der Waals surface area contributed by atoms with Crippen LogP contribution in [0, 0.1) is 33.1 Å². The quantitative estimate of drug-likeness (QED) is 0.226. The highest BCUT2D eigenvalue weighted by molar-refractivity contribution is 8.00. The van der Waals surface area contributed by atoms with Gasteiger partial charge in [-0.2, -0.15) is 0 Å². The lowest BCUT2D eigenvalue weighted by atomic mass is 9.88. The molecule has 1 aliphatic heterocycles. The molecule has 3 heterocycles. The van der Waals surface area contributed by atoms with Crippen molar-refractivity contribution in [3.63, 3.8) is 0 Å². The summed E-state index contributed by atoms with van der Waals surface area (Å²) in [4.78, 5) is 2.63. The normalized spacial score (nSPS) is 13.3. The minimum Gasteiger partial charge on any atom is -0.455 e. The number of nitrogens with zero attached hydrogens (tertiary/aromatic N) is 1. The van der Waals surface area contributed by atoms with E-state index in [0.29, 0.717) is 0 Å². The van der Waals surface area contributed by atoms with Crippen LogP contribution >= 0.6 is 11.8 Å². The van der Waals surface area contributed by atoms with E-state index >= 15 is 0 Å². The van der Waals surface area contributed by atoms with Crippen LogP contribution < -0.4 is 4.57 Å². The van der Waals surface area contributed by atoms with Crippen LogP contribution in [-0.4, -0.2) is 0 Å². The van der Waals surface area contributed by atoms with Crippen molar-refractivity contribution < 1.29 is 8.98 Å². The Morgan fingerprint density at radius 1 is 0.853 bits per heavy atom. The number of hydrogen-bond donors (Lipinski definition) is 0. The minimum absolute atomic E-state index is 0.245. The topological polar surface area (TPSA) is 17.0 Å². The second-order valence-electron chi connectivity index (χ2n) is 11.3. The van der Waals surface area contributed by atoms with Crippen molar-refractivity contribution in [1.82, 2.24) is 0 Å². The van der Waals surface area contributed by atoms with Crippen molar-refractivity contribution >= 4 is 44.5 Å². The molecule has 0 aliphatic carbocycles. The predicted octanol–water partition coefficient (Wildman–Crippen LogP) is 8.52. The standard InChI is InChI=1S/C31H32NOS/c1-16-17(2)19(4)29-25(18(16)3)27-26-21(11-12-32(27)8)14-23-22-10-9-20(15-31(5,6)7)13-24(22)33-28(23)30(26)34-29/h9-14H,15H2,1-8H3/q+1. The number of furan rings is 1. The van der Waals surface area contributed by atoms with Crippen LogP contribution in [0.1, 0.15) is 48.6 Å². The number of aromatic nitrogens is 1. The zero-order valence-electron chi connectivity index (χ0n) is 21.4. The third-order valence-electron chi connectivity index (χ3n) is 7.69. The van der Waals surface area contributed by atoms with Gasteiger partial charge in [-0.1, -0.05) is 44.7 Å². The van der Waals surface area contributed by atoms with Crippen molar-refractivity contribution in [1.29, 1.82) is 0 Å². The first-order valence-electron chi connectivity index (χ1n) is 12.1. The van der Waals surface area contributed by atoms with E-state index in [1.807, 2.05) is 11.8 Å². The lowest BCUT2D eigenvalue weighted by Gasteiger charge is -2.24. The molecule has 0 saturated carbocycles. The summed E-state index contributed by atoms with van der Waals surface area (Å²) >= 11 is 1.90. The summed E-state index contributed by atoms with van der Waals surface area (Å²) in [6.07, 6.45) is 3.24. The third kappa shape index (κ3) is 2.99. The number of fused-ring (bicyclic) bond motifs is 6. The molecule has 0 fully saturated rings. The van der Waals surface area contributed by atoms with Gasteiger partial charge in [0.15, 0.2) is 6.20 Å². The molecule has 0 spiro atoms. The van der Waals surface area contributed by atoms with Gasteiger partial charge < -0.3 is 4.42 Å². The van der Waals surface area contributed by atoms with Crippen LogP contribution in [0.4, 0.5) is 0 Å². The largest absolute Gasteiger partial charge is 0.455 e. The first-order chi connectivity index (χ1) is 16.0. The Morgan fingerprint density at radius 3 is 2.32 bits per heavy atom. The molecule has 34 heavy (non-hydrogen) atoms. The zero-order valence-corrected chi connectivity index (χ0v) is 22.3.